The maximum absolute atomic E-state index is 12.9. The van der Waals surface area contributed by atoms with E-state index in [0.717, 1.165) is 18.4 Å². The van der Waals surface area contributed by atoms with Gasteiger partial charge in [-0.25, -0.2) is 4.39 Å². The molecule has 18 heavy (non-hydrogen) atoms. The molecule has 0 radical (unpaired) electrons. The smallest absolute Gasteiger partial charge is 0.141 e. The molecule has 1 aromatic carbocycles. The second kappa shape index (κ2) is 6.28. The number of allylic oxidation sites excluding steroid dienone is 2. The zero-order valence-electron chi connectivity index (χ0n) is 10.2. The van der Waals surface area contributed by atoms with Crippen LogP contribution in [0.2, 0.25) is 0 Å². The average molecular weight is 311 g/mol. The van der Waals surface area contributed by atoms with Gasteiger partial charge in [0.1, 0.15) is 11.6 Å². The van der Waals surface area contributed by atoms with Gasteiger partial charge in [-0.15, -0.1) is 0 Å². The lowest BCUT2D eigenvalue weighted by Gasteiger charge is -2.12. The molecule has 2 rings (SSSR count). The van der Waals surface area contributed by atoms with E-state index in [1.54, 1.807) is 6.07 Å². The van der Waals surface area contributed by atoms with Crippen LogP contribution in [0.15, 0.2) is 34.3 Å². The van der Waals surface area contributed by atoms with Crippen molar-refractivity contribution < 1.29 is 9.18 Å². The zero-order valence-corrected chi connectivity index (χ0v) is 11.8. The van der Waals surface area contributed by atoms with Crippen LogP contribution in [0.4, 0.5) is 4.39 Å². The van der Waals surface area contributed by atoms with Crippen molar-refractivity contribution in [1.29, 1.82) is 0 Å². The molecular weight excluding hydrogens is 295 g/mol. The van der Waals surface area contributed by atoms with E-state index >= 15 is 0 Å². The summed E-state index contributed by atoms with van der Waals surface area (Å²) >= 11 is 3.29. The molecule has 3 heteroatoms. The van der Waals surface area contributed by atoms with Gasteiger partial charge in [-0.1, -0.05) is 33.6 Å². The van der Waals surface area contributed by atoms with Crippen molar-refractivity contribution in [3.8, 4) is 0 Å². The van der Waals surface area contributed by atoms with E-state index in [-0.39, 0.29) is 11.6 Å². The van der Waals surface area contributed by atoms with Gasteiger partial charge in [0.25, 0.3) is 0 Å². The van der Waals surface area contributed by atoms with Crippen molar-refractivity contribution in [2.24, 2.45) is 0 Å². The van der Waals surface area contributed by atoms with E-state index in [9.17, 15) is 9.18 Å². The number of hydrogen-bond acceptors (Lipinski definition) is 1. The molecular formula is C15H16BrFO. The first-order valence-electron chi connectivity index (χ1n) is 6.28. The van der Waals surface area contributed by atoms with E-state index < -0.39 is 0 Å². The third-order valence-electron chi connectivity index (χ3n) is 3.21. The van der Waals surface area contributed by atoms with Gasteiger partial charge in [0.15, 0.2) is 0 Å². The second-order valence-corrected chi connectivity index (χ2v) is 5.59. The topological polar surface area (TPSA) is 17.1 Å². The molecule has 0 heterocycles. The standard InChI is InChI=1S/C15H16BrFO/c16-15-10-13(17)7-6-12(15)9-14(18)8-11-4-2-1-3-5-11/h4,6-7,10H,1-3,5,8-9H2. The van der Waals surface area contributed by atoms with Crippen LogP contribution < -0.4 is 0 Å². The molecule has 0 atom stereocenters. The first kappa shape index (κ1) is 13.5. The Balaban J connectivity index is 1.96. The molecule has 0 N–H and O–H groups in total. The Labute approximate surface area is 115 Å². The minimum Gasteiger partial charge on any atom is -0.299 e. The fourth-order valence-corrected chi connectivity index (χ4v) is 2.75. The van der Waals surface area contributed by atoms with E-state index in [2.05, 4.69) is 22.0 Å². The highest BCUT2D eigenvalue weighted by atomic mass is 79.9. The van der Waals surface area contributed by atoms with E-state index in [0.29, 0.717) is 17.3 Å². The van der Waals surface area contributed by atoms with Crippen LogP contribution in [0, 0.1) is 5.82 Å². The summed E-state index contributed by atoms with van der Waals surface area (Å²) in [6, 6.07) is 4.47. The molecule has 1 aliphatic carbocycles. The maximum Gasteiger partial charge on any atom is 0.141 e. The molecule has 96 valence electrons. The molecule has 0 fully saturated rings. The fourth-order valence-electron chi connectivity index (χ4n) is 2.26. The summed E-state index contributed by atoms with van der Waals surface area (Å²) in [5.41, 5.74) is 2.13. The van der Waals surface area contributed by atoms with Crippen molar-refractivity contribution >= 4 is 21.7 Å². The van der Waals surface area contributed by atoms with E-state index in [4.69, 9.17) is 0 Å². The minimum absolute atomic E-state index is 0.204. The molecule has 0 aliphatic heterocycles. The molecule has 0 saturated heterocycles. The molecule has 1 aliphatic rings. The van der Waals surface area contributed by atoms with E-state index in [1.165, 1.54) is 30.5 Å². The summed E-state index contributed by atoms with van der Waals surface area (Å²) in [7, 11) is 0. The summed E-state index contributed by atoms with van der Waals surface area (Å²) in [6.07, 6.45) is 7.70. The highest BCUT2D eigenvalue weighted by Crippen LogP contribution is 2.23. The molecule has 0 aromatic heterocycles. The number of rotatable bonds is 4. The lowest BCUT2D eigenvalue weighted by molar-refractivity contribution is -0.117. The summed E-state index contributed by atoms with van der Waals surface area (Å²) in [4.78, 5) is 12.0. The number of hydrogen-bond donors (Lipinski definition) is 0. The molecule has 1 aromatic rings. The molecule has 0 unspecified atom stereocenters. The Bertz CT molecular complexity index is 479. The summed E-state index contributed by atoms with van der Waals surface area (Å²) in [6.45, 7) is 0. The highest BCUT2D eigenvalue weighted by Gasteiger charge is 2.11. The second-order valence-electron chi connectivity index (χ2n) is 4.74. The Kier molecular flexibility index (Phi) is 4.70. The summed E-state index contributed by atoms with van der Waals surface area (Å²) in [5.74, 6) is -0.0801. The lowest BCUT2D eigenvalue weighted by atomic mass is 9.94. The number of halogens is 2. The highest BCUT2D eigenvalue weighted by molar-refractivity contribution is 9.10. The SMILES string of the molecule is O=C(CC1=CCCCC1)Cc1ccc(F)cc1Br. The monoisotopic (exact) mass is 310 g/mol. The number of ketones is 1. The number of carbonyl (C=O) groups excluding carboxylic acids is 1. The van der Waals surface area contributed by atoms with Crippen LogP contribution in [0.1, 0.15) is 37.7 Å². The first-order valence-corrected chi connectivity index (χ1v) is 7.08. The fraction of sp³-hybridized carbons (Fsp3) is 0.400. The maximum atomic E-state index is 12.9. The van der Waals surface area contributed by atoms with Gasteiger partial charge >= 0.3 is 0 Å². The predicted molar refractivity (Wildman–Crippen MR) is 74.0 cm³/mol. The first-order chi connectivity index (χ1) is 8.65. The zero-order chi connectivity index (χ0) is 13.0. The van der Waals surface area contributed by atoms with Crippen molar-refractivity contribution in [3.63, 3.8) is 0 Å². The average Bonchev–Trinajstić information content (AvgIpc) is 2.34. The van der Waals surface area contributed by atoms with Crippen LogP contribution in [0.25, 0.3) is 0 Å². The van der Waals surface area contributed by atoms with E-state index in [1.807, 2.05) is 0 Å². The third-order valence-corrected chi connectivity index (χ3v) is 3.95. The van der Waals surface area contributed by atoms with Crippen molar-refractivity contribution in [3.05, 3.63) is 45.7 Å². The molecule has 1 nitrogen and oxygen atoms in total. The Morgan fingerprint density at radius 3 is 2.78 bits per heavy atom. The molecule has 0 saturated carbocycles. The van der Waals surface area contributed by atoms with Crippen molar-refractivity contribution in [2.45, 2.75) is 38.5 Å². The molecule has 0 bridgehead atoms. The van der Waals surface area contributed by atoms with Gasteiger partial charge in [-0.3, -0.25) is 4.79 Å². The van der Waals surface area contributed by atoms with Gasteiger partial charge in [0.05, 0.1) is 0 Å². The van der Waals surface area contributed by atoms with Crippen molar-refractivity contribution in [1.82, 2.24) is 0 Å². The van der Waals surface area contributed by atoms with Crippen molar-refractivity contribution in [2.75, 3.05) is 0 Å². The Hall–Kier alpha value is -0.960. The van der Waals surface area contributed by atoms with Gasteiger partial charge in [0.2, 0.25) is 0 Å². The lowest BCUT2D eigenvalue weighted by Crippen LogP contribution is -2.06. The van der Waals surface area contributed by atoms with Crippen LogP contribution in [-0.2, 0) is 11.2 Å². The minimum atomic E-state index is -0.284. The van der Waals surface area contributed by atoms with Gasteiger partial charge < -0.3 is 0 Å². The molecule has 0 spiro atoms. The van der Waals surface area contributed by atoms with Crippen LogP contribution >= 0.6 is 15.9 Å². The third kappa shape index (κ3) is 3.77. The Morgan fingerprint density at radius 1 is 1.28 bits per heavy atom. The van der Waals surface area contributed by atoms with Gasteiger partial charge in [-0.05, 0) is 43.4 Å². The number of carbonyl (C=O) groups is 1. The van der Waals surface area contributed by atoms with Crippen LogP contribution in [0.5, 0.6) is 0 Å². The predicted octanol–water partition coefficient (Wildman–Crippen LogP) is 4.59. The number of benzene rings is 1. The number of Topliss-reactive ketones (excluding diaryl/α,β-unsaturated/α-hetero) is 1. The largest absolute Gasteiger partial charge is 0.299 e. The normalized spacial score (nSPS) is 15.3. The van der Waals surface area contributed by atoms with Crippen LogP contribution in [0.3, 0.4) is 0 Å². The van der Waals surface area contributed by atoms with Crippen LogP contribution in [-0.4, -0.2) is 5.78 Å². The molecule has 0 amide bonds. The quantitative estimate of drug-likeness (QED) is 0.743. The van der Waals surface area contributed by atoms with Gasteiger partial charge in [-0.2, -0.15) is 0 Å². The van der Waals surface area contributed by atoms with Gasteiger partial charge in [0, 0.05) is 17.3 Å². The summed E-state index contributed by atoms with van der Waals surface area (Å²) in [5, 5.41) is 0. The Morgan fingerprint density at radius 2 is 2.11 bits per heavy atom. The summed E-state index contributed by atoms with van der Waals surface area (Å²) < 4.78 is 13.6.